The number of carbonyl (C=O) groups excluding carboxylic acids is 3. The topological polar surface area (TPSA) is 100 Å². The molecule has 0 atom stereocenters. The van der Waals surface area contributed by atoms with Gasteiger partial charge in [0, 0.05) is 48.6 Å². The number of hydrogen-bond acceptors (Lipinski definition) is 4. The van der Waals surface area contributed by atoms with E-state index in [0.29, 0.717) is 17.7 Å². The number of aromatic nitrogens is 1. The van der Waals surface area contributed by atoms with E-state index in [2.05, 4.69) is 20.9 Å². The van der Waals surface area contributed by atoms with Crippen molar-refractivity contribution < 1.29 is 14.4 Å². The molecule has 7 nitrogen and oxygen atoms in total. The van der Waals surface area contributed by atoms with Gasteiger partial charge in [-0.1, -0.05) is 0 Å². The van der Waals surface area contributed by atoms with Gasteiger partial charge in [0.2, 0.25) is 5.91 Å². The van der Waals surface area contributed by atoms with E-state index in [9.17, 15) is 14.4 Å². The van der Waals surface area contributed by atoms with Crippen molar-refractivity contribution in [3.8, 4) is 0 Å². The first kappa shape index (κ1) is 21.1. The van der Waals surface area contributed by atoms with Crippen molar-refractivity contribution in [2.75, 3.05) is 6.54 Å². The van der Waals surface area contributed by atoms with Gasteiger partial charge >= 0.3 is 0 Å². The summed E-state index contributed by atoms with van der Waals surface area (Å²) < 4.78 is 0. The predicted molar refractivity (Wildman–Crippen MR) is 107 cm³/mol. The third-order valence-corrected chi connectivity index (χ3v) is 3.77. The van der Waals surface area contributed by atoms with E-state index in [1.165, 1.54) is 0 Å². The van der Waals surface area contributed by atoms with Crippen LogP contribution < -0.4 is 16.0 Å². The number of nitrogens with zero attached hydrogens (tertiary/aromatic N) is 1. The molecular formula is C21H26N4O3. The molecule has 0 saturated carbocycles. The number of hydrogen-bond donors (Lipinski definition) is 3. The monoisotopic (exact) mass is 382 g/mol. The van der Waals surface area contributed by atoms with Crippen LogP contribution in [0.2, 0.25) is 0 Å². The number of amides is 3. The van der Waals surface area contributed by atoms with E-state index >= 15 is 0 Å². The minimum atomic E-state index is -0.328. The normalized spacial score (nSPS) is 10.8. The first-order valence-electron chi connectivity index (χ1n) is 9.11. The Kier molecular flexibility index (Phi) is 7.26. The lowest BCUT2D eigenvalue weighted by atomic mass is 10.1. The molecule has 0 aliphatic rings. The van der Waals surface area contributed by atoms with Crippen molar-refractivity contribution in [3.05, 3.63) is 65.5 Å². The molecule has 0 unspecified atom stereocenters. The van der Waals surface area contributed by atoms with E-state index in [-0.39, 0.29) is 36.2 Å². The van der Waals surface area contributed by atoms with E-state index < -0.39 is 0 Å². The molecule has 0 aliphatic carbocycles. The number of pyridine rings is 1. The molecule has 1 aromatic heterocycles. The van der Waals surface area contributed by atoms with E-state index in [1.54, 1.807) is 36.7 Å². The standard InChI is InChI=1S/C21H26N4O3/c1-21(2,3)25-20(28)17-6-4-16(5-7-17)19(27)23-13-10-18(26)24-14-15-8-11-22-12-9-15/h4-9,11-12H,10,13-14H2,1-3H3,(H,23,27)(H,24,26)(H,25,28). The van der Waals surface area contributed by atoms with Crippen molar-refractivity contribution in [1.82, 2.24) is 20.9 Å². The van der Waals surface area contributed by atoms with E-state index in [4.69, 9.17) is 0 Å². The van der Waals surface area contributed by atoms with Crippen LogP contribution in [0.5, 0.6) is 0 Å². The predicted octanol–water partition coefficient (Wildman–Crippen LogP) is 2.05. The van der Waals surface area contributed by atoms with Gasteiger partial charge < -0.3 is 16.0 Å². The molecule has 0 spiro atoms. The molecule has 1 heterocycles. The number of benzene rings is 1. The molecule has 148 valence electrons. The van der Waals surface area contributed by atoms with Crippen LogP contribution in [0.1, 0.15) is 53.5 Å². The molecule has 3 N–H and O–H groups in total. The first-order valence-corrected chi connectivity index (χ1v) is 9.11. The molecular weight excluding hydrogens is 356 g/mol. The quantitative estimate of drug-likeness (QED) is 0.682. The smallest absolute Gasteiger partial charge is 0.251 e. The molecule has 3 amide bonds. The molecule has 28 heavy (non-hydrogen) atoms. The lowest BCUT2D eigenvalue weighted by molar-refractivity contribution is -0.121. The number of carbonyl (C=O) groups is 3. The Morgan fingerprint density at radius 2 is 1.43 bits per heavy atom. The summed E-state index contributed by atoms with van der Waals surface area (Å²) in [4.78, 5) is 40.0. The maximum Gasteiger partial charge on any atom is 0.251 e. The minimum absolute atomic E-state index is 0.147. The van der Waals surface area contributed by atoms with Crippen LogP contribution >= 0.6 is 0 Å². The fraction of sp³-hybridized carbons (Fsp3) is 0.333. The highest BCUT2D eigenvalue weighted by Crippen LogP contribution is 2.07. The summed E-state index contributed by atoms with van der Waals surface area (Å²) in [5.41, 5.74) is 1.56. The van der Waals surface area contributed by atoms with Crippen LogP contribution in [0.4, 0.5) is 0 Å². The summed E-state index contributed by atoms with van der Waals surface area (Å²) in [6, 6.07) is 10.1. The largest absolute Gasteiger partial charge is 0.352 e. The van der Waals surface area contributed by atoms with Crippen LogP contribution in [0.3, 0.4) is 0 Å². The Morgan fingerprint density at radius 3 is 2.00 bits per heavy atom. The summed E-state index contributed by atoms with van der Waals surface area (Å²) in [5, 5.41) is 8.36. The molecule has 0 bridgehead atoms. The van der Waals surface area contributed by atoms with Crippen molar-refractivity contribution in [1.29, 1.82) is 0 Å². The Hall–Kier alpha value is -3.22. The first-order chi connectivity index (χ1) is 13.2. The van der Waals surface area contributed by atoms with Crippen molar-refractivity contribution in [2.24, 2.45) is 0 Å². The van der Waals surface area contributed by atoms with Gasteiger partial charge in [-0.05, 0) is 62.7 Å². The Labute approximate surface area is 164 Å². The van der Waals surface area contributed by atoms with Gasteiger partial charge in [0.25, 0.3) is 11.8 Å². The average Bonchev–Trinajstić information content (AvgIpc) is 2.66. The van der Waals surface area contributed by atoms with Gasteiger partial charge in [-0.15, -0.1) is 0 Å². The van der Waals surface area contributed by atoms with Crippen LogP contribution in [0.25, 0.3) is 0 Å². The van der Waals surface area contributed by atoms with Gasteiger partial charge in [0.05, 0.1) is 0 Å². The van der Waals surface area contributed by atoms with Gasteiger partial charge in [-0.2, -0.15) is 0 Å². The second-order valence-corrected chi connectivity index (χ2v) is 7.42. The highest BCUT2D eigenvalue weighted by molar-refractivity contribution is 5.98. The average molecular weight is 382 g/mol. The van der Waals surface area contributed by atoms with Gasteiger partial charge in [0.15, 0.2) is 0 Å². The van der Waals surface area contributed by atoms with Gasteiger partial charge in [-0.3, -0.25) is 19.4 Å². The van der Waals surface area contributed by atoms with Crippen molar-refractivity contribution in [3.63, 3.8) is 0 Å². The fourth-order valence-corrected chi connectivity index (χ4v) is 2.37. The molecule has 0 aliphatic heterocycles. The van der Waals surface area contributed by atoms with Crippen molar-refractivity contribution in [2.45, 2.75) is 39.3 Å². The second-order valence-electron chi connectivity index (χ2n) is 7.42. The molecule has 2 rings (SSSR count). The summed E-state index contributed by atoms with van der Waals surface area (Å²) in [6.45, 7) is 6.36. The van der Waals surface area contributed by atoms with Crippen LogP contribution in [-0.2, 0) is 11.3 Å². The molecule has 1 aromatic carbocycles. The number of nitrogens with one attached hydrogen (secondary N) is 3. The maximum atomic E-state index is 12.2. The number of rotatable bonds is 7. The van der Waals surface area contributed by atoms with Gasteiger partial charge in [0.1, 0.15) is 0 Å². The molecule has 0 fully saturated rings. The highest BCUT2D eigenvalue weighted by Gasteiger charge is 2.15. The summed E-state index contributed by atoms with van der Waals surface area (Å²) >= 11 is 0. The van der Waals surface area contributed by atoms with Crippen LogP contribution in [0, 0.1) is 0 Å². The minimum Gasteiger partial charge on any atom is -0.352 e. The third kappa shape index (κ3) is 7.19. The zero-order valence-corrected chi connectivity index (χ0v) is 16.4. The second kappa shape index (κ2) is 9.64. The van der Waals surface area contributed by atoms with Crippen molar-refractivity contribution >= 4 is 17.7 Å². The SMILES string of the molecule is CC(C)(C)NC(=O)c1ccc(C(=O)NCCC(=O)NCc2ccncc2)cc1. The van der Waals surface area contributed by atoms with Crippen LogP contribution in [0.15, 0.2) is 48.8 Å². The van der Waals surface area contributed by atoms with E-state index in [1.807, 2.05) is 32.9 Å². The maximum absolute atomic E-state index is 12.2. The Bertz CT molecular complexity index is 812. The molecule has 2 aromatic rings. The zero-order chi connectivity index (χ0) is 20.6. The van der Waals surface area contributed by atoms with Crippen LogP contribution in [-0.4, -0.2) is 34.8 Å². The third-order valence-electron chi connectivity index (χ3n) is 3.77. The lowest BCUT2D eigenvalue weighted by Gasteiger charge is -2.20. The van der Waals surface area contributed by atoms with Gasteiger partial charge in [-0.25, -0.2) is 0 Å². The molecule has 7 heteroatoms. The summed E-state index contributed by atoms with van der Waals surface area (Å²) in [7, 11) is 0. The summed E-state index contributed by atoms with van der Waals surface area (Å²) in [5.74, 6) is -0.624. The zero-order valence-electron chi connectivity index (χ0n) is 16.4. The molecule has 0 radical (unpaired) electrons. The Morgan fingerprint density at radius 1 is 0.857 bits per heavy atom. The fourth-order valence-electron chi connectivity index (χ4n) is 2.37. The lowest BCUT2D eigenvalue weighted by Crippen LogP contribution is -2.40. The molecule has 0 saturated heterocycles. The van der Waals surface area contributed by atoms with E-state index in [0.717, 1.165) is 5.56 Å². The Balaban J connectivity index is 1.75. The highest BCUT2D eigenvalue weighted by atomic mass is 16.2. The summed E-state index contributed by atoms with van der Waals surface area (Å²) in [6.07, 6.45) is 3.52.